The van der Waals surface area contributed by atoms with Gasteiger partial charge in [0.05, 0.1) is 0 Å². The topological polar surface area (TPSA) is 38.5 Å². The molecule has 21 heavy (non-hydrogen) atoms. The third-order valence-electron chi connectivity index (χ3n) is 4.22. The van der Waals surface area contributed by atoms with E-state index in [0.29, 0.717) is 6.54 Å². The first-order valence-electron chi connectivity index (χ1n) is 6.92. The zero-order valence-corrected chi connectivity index (χ0v) is 13.2. The Labute approximate surface area is 130 Å². The van der Waals surface area contributed by atoms with E-state index in [1.807, 2.05) is 12.1 Å². The van der Waals surface area contributed by atoms with E-state index in [1.54, 1.807) is 12.1 Å². The molecule has 1 aliphatic rings. The Kier molecular flexibility index (Phi) is 6.38. The monoisotopic (exact) mass is 320 g/mol. The van der Waals surface area contributed by atoms with E-state index in [2.05, 4.69) is 23.5 Å². The average molecular weight is 321 g/mol. The van der Waals surface area contributed by atoms with Crippen molar-refractivity contribution in [3.63, 3.8) is 0 Å². The van der Waals surface area contributed by atoms with Crippen molar-refractivity contribution < 1.29 is 13.5 Å². The zero-order chi connectivity index (χ0) is 14.8. The van der Waals surface area contributed by atoms with Gasteiger partial charge in [-0.05, 0) is 49.5 Å². The molecule has 0 radical (unpaired) electrons. The quantitative estimate of drug-likeness (QED) is 0.903. The molecule has 1 saturated heterocycles. The molecule has 1 aromatic rings. The van der Waals surface area contributed by atoms with Crippen LogP contribution in [-0.2, 0) is 0 Å². The SMILES string of the molecule is CC(c1ccc(OC(F)F)cc1)N1CCC(C)(CN)C1.Cl. The number of hydrogen-bond acceptors (Lipinski definition) is 3. The molecule has 6 heteroatoms. The second-order valence-electron chi connectivity index (χ2n) is 5.86. The molecule has 1 aliphatic heterocycles. The summed E-state index contributed by atoms with van der Waals surface area (Å²) in [5.74, 6) is 0.198. The van der Waals surface area contributed by atoms with Gasteiger partial charge in [-0.25, -0.2) is 0 Å². The predicted molar refractivity (Wildman–Crippen MR) is 82.1 cm³/mol. The third kappa shape index (κ3) is 4.53. The van der Waals surface area contributed by atoms with Gasteiger partial charge in [-0.2, -0.15) is 8.78 Å². The summed E-state index contributed by atoms with van der Waals surface area (Å²) >= 11 is 0. The first kappa shape index (κ1) is 18.1. The Morgan fingerprint density at radius 1 is 1.33 bits per heavy atom. The maximum Gasteiger partial charge on any atom is 0.387 e. The van der Waals surface area contributed by atoms with Crippen molar-refractivity contribution >= 4 is 12.4 Å². The molecule has 0 bridgehead atoms. The molecule has 1 aromatic carbocycles. The summed E-state index contributed by atoms with van der Waals surface area (Å²) < 4.78 is 28.6. The zero-order valence-electron chi connectivity index (χ0n) is 12.4. The van der Waals surface area contributed by atoms with Crippen molar-refractivity contribution in [2.45, 2.75) is 32.9 Å². The van der Waals surface area contributed by atoms with Crippen LogP contribution >= 0.6 is 12.4 Å². The summed E-state index contributed by atoms with van der Waals surface area (Å²) in [6.07, 6.45) is 1.10. The van der Waals surface area contributed by atoms with E-state index in [-0.39, 0.29) is 29.6 Å². The van der Waals surface area contributed by atoms with E-state index in [0.717, 1.165) is 25.1 Å². The molecule has 0 spiro atoms. The fourth-order valence-electron chi connectivity index (χ4n) is 2.70. The largest absolute Gasteiger partial charge is 0.435 e. The van der Waals surface area contributed by atoms with Crippen LogP contribution in [0.2, 0.25) is 0 Å². The van der Waals surface area contributed by atoms with Gasteiger partial charge in [-0.1, -0.05) is 19.1 Å². The lowest BCUT2D eigenvalue weighted by Gasteiger charge is -2.27. The van der Waals surface area contributed by atoms with Crippen molar-refractivity contribution in [1.82, 2.24) is 4.90 Å². The lowest BCUT2D eigenvalue weighted by molar-refractivity contribution is -0.0498. The fraction of sp³-hybridized carbons (Fsp3) is 0.600. The minimum atomic E-state index is -2.78. The Balaban J connectivity index is 0.00000220. The van der Waals surface area contributed by atoms with E-state index >= 15 is 0 Å². The van der Waals surface area contributed by atoms with Gasteiger partial charge in [-0.3, -0.25) is 4.90 Å². The molecular weight excluding hydrogens is 298 g/mol. The van der Waals surface area contributed by atoms with Crippen LogP contribution in [0, 0.1) is 5.41 Å². The molecule has 0 amide bonds. The van der Waals surface area contributed by atoms with Crippen LogP contribution in [0.15, 0.2) is 24.3 Å². The highest BCUT2D eigenvalue weighted by molar-refractivity contribution is 5.85. The first-order chi connectivity index (χ1) is 9.43. The van der Waals surface area contributed by atoms with E-state index in [4.69, 9.17) is 5.73 Å². The lowest BCUT2D eigenvalue weighted by Crippen LogP contribution is -2.32. The highest BCUT2D eigenvalue weighted by Gasteiger charge is 2.34. The predicted octanol–water partition coefficient (Wildman–Crippen LogP) is 3.44. The third-order valence-corrected chi connectivity index (χ3v) is 4.22. The van der Waals surface area contributed by atoms with Crippen LogP contribution in [0.5, 0.6) is 5.75 Å². The summed E-state index contributed by atoms with van der Waals surface area (Å²) in [6, 6.07) is 7.14. The lowest BCUT2D eigenvalue weighted by atomic mass is 9.90. The Bertz CT molecular complexity index is 444. The van der Waals surface area contributed by atoms with Gasteiger partial charge in [0.25, 0.3) is 0 Å². The van der Waals surface area contributed by atoms with Gasteiger partial charge in [0.1, 0.15) is 5.75 Å². The molecule has 0 saturated carbocycles. The van der Waals surface area contributed by atoms with Gasteiger partial charge in [0, 0.05) is 12.6 Å². The highest BCUT2D eigenvalue weighted by atomic mass is 35.5. The molecule has 1 fully saturated rings. The molecule has 120 valence electrons. The molecule has 2 rings (SSSR count). The smallest absolute Gasteiger partial charge is 0.387 e. The molecule has 2 N–H and O–H groups in total. The van der Waals surface area contributed by atoms with Crippen LogP contribution < -0.4 is 10.5 Å². The van der Waals surface area contributed by atoms with E-state index in [1.165, 1.54) is 0 Å². The van der Waals surface area contributed by atoms with Crippen molar-refractivity contribution in [1.29, 1.82) is 0 Å². The molecule has 1 heterocycles. The normalized spacial score (nSPS) is 23.9. The maximum atomic E-state index is 12.1. The Hall–Kier alpha value is -0.910. The van der Waals surface area contributed by atoms with E-state index < -0.39 is 6.61 Å². The number of likely N-dealkylation sites (tertiary alicyclic amines) is 1. The number of benzene rings is 1. The summed E-state index contributed by atoms with van der Waals surface area (Å²) in [7, 11) is 0. The Morgan fingerprint density at radius 3 is 2.43 bits per heavy atom. The summed E-state index contributed by atoms with van der Waals surface area (Å²) in [4.78, 5) is 2.38. The van der Waals surface area contributed by atoms with Crippen molar-refractivity contribution in [3.05, 3.63) is 29.8 Å². The standard InChI is InChI=1S/C15H22F2N2O.ClH/c1-11(19-8-7-15(2,9-18)10-19)12-3-5-13(6-4-12)20-14(16)17;/h3-6,11,14H,7-10,18H2,1-2H3;1H. The van der Waals surface area contributed by atoms with Gasteiger partial charge in [0.15, 0.2) is 0 Å². The summed E-state index contributed by atoms with van der Waals surface area (Å²) in [5, 5.41) is 0. The molecule has 3 nitrogen and oxygen atoms in total. The number of hydrogen-bond donors (Lipinski definition) is 1. The Morgan fingerprint density at radius 2 is 1.95 bits per heavy atom. The number of alkyl halides is 2. The maximum absolute atomic E-state index is 12.1. The molecule has 0 aliphatic carbocycles. The van der Waals surface area contributed by atoms with Crippen LogP contribution in [0.3, 0.4) is 0 Å². The van der Waals surface area contributed by atoms with Crippen LogP contribution in [0.4, 0.5) is 8.78 Å². The summed E-state index contributed by atoms with van der Waals surface area (Å²) in [5.41, 5.74) is 7.11. The fourth-order valence-corrected chi connectivity index (χ4v) is 2.70. The van der Waals surface area contributed by atoms with Gasteiger partial charge in [0.2, 0.25) is 0 Å². The van der Waals surface area contributed by atoms with Crippen LogP contribution in [0.1, 0.15) is 31.9 Å². The van der Waals surface area contributed by atoms with Crippen molar-refractivity contribution in [3.8, 4) is 5.75 Å². The highest BCUT2D eigenvalue weighted by Crippen LogP contribution is 2.34. The number of nitrogens with two attached hydrogens (primary N) is 1. The second-order valence-corrected chi connectivity index (χ2v) is 5.86. The number of rotatable bonds is 5. The second kappa shape index (κ2) is 7.38. The molecule has 2 unspecified atom stereocenters. The van der Waals surface area contributed by atoms with E-state index in [9.17, 15) is 8.78 Å². The van der Waals surface area contributed by atoms with Crippen LogP contribution in [-0.4, -0.2) is 31.1 Å². The molecule has 0 aromatic heterocycles. The van der Waals surface area contributed by atoms with Gasteiger partial charge >= 0.3 is 6.61 Å². The van der Waals surface area contributed by atoms with Crippen molar-refractivity contribution in [2.75, 3.05) is 19.6 Å². The number of ether oxygens (including phenoxy) is 1. The van der Waals surface area contributed by atoms with Crippen molar-refractivity contribution in [2.24, 2.45) is 11.1 Å². The molecular formula is C15H23ClF2N2O. The number of halogens is 3. The van der Waals surface area contributed by atoms with Gasteiger partial charge < -0.3 is 10.5 Å². The van der Waals surface area contributed by atoms with Crippen LogP contribution in [0.25, 0.3) is 0 Å². The number of nitrogens with zero attached hydrogens (tertiary/aromatic N) is 1. The minimum absolute atomic E-state index is 0. The average Bonchev–Trinajstić information content (AvgIpc) is 2.82. The summed E-state index contributed by atoms with van der Waals surface area (Å²) in [6.45, 7) is 4.24. The van der Waals surface area contributed by atoms with Gasteiger partial charge in [-0.15, -0.1) is 12.4 Å². The first-order valence-corrected chi connectivity index (χ1v) is 6.92. The molecule has 2 atom stereocenters. The minimum Gasteiger partial charge on any atom is -0.435 e.